The Morgan fingerprint density at radius 1 is 1.27 bits per heavy atom. The molecule has 2 aromatic rings. The minimum absolute atomic E-state index is 0. The number of aryl methyl sites for hydroxylation is 2. The first kappa shape index (κ1) is 17.0. The normalized spacial score (nSPS) is 21.8. The molecule has 0 aliphatic carbocycles. The lowest BCUT2D eigenvalue weighted by molar-refractivity contribution is 0.319. The summed E-state index contributed by atoms with van der Waals surface area (Å²) >= 11 is 0. The summed E-state index contributed by atoms with van der Waals surface area (Å²) in [6.45, 7) is 6.91. The summed E-state index contributed by atoms with van der Waals surface area (Å²) in [5, 5.41) is 4.14. The molecule has 2 heterocycles. The zero-order chi connectivity index (χ0) is 14.8. The monoisotopic (exact) mass is 321 g/mol. The van der Waals surface area contributed by atoms with Crippen LogP contribution in [0.1, 0.15) is 35.4 Å². The minimum atomic E-state index is 0. The predicted octanol–water partition coefficient (Wildman–Crippen LogP) is 2.89. The Kier molecular flexibility index (Phi) is 5.62. The van der Waals surface area contributed by atoms with E-state index in [1.165, 1.54) is 11.1 Å². The van der Waals surface area contributed by atoms with Crippen LogP contribution >= 0.6 is 12.4 Å². The summed E-state index contributed by atoms with van der Waals surface area (Å²) in [6, 6.07) is 10.8. The lowest BCUT2D eigenvalue weighted by Crippen LogP contribution is -2.28. The lowest BCUT2D eigenvalue weighted by atomic mass is 9.95. The fourth-order valence-electron chi connectivity index (χ4n) is 3.24. The Hall–Kier alpha value is -1.36. The average Bonchev–Trinajstić information content (AvgIpc) is 3.04. The maximum atomic E-state index is 6.36. The molecule has 2 atom stereocenters. The number of rotatable bonds is 4. The van der Waals surface area contributed by atoms with Gasteiger partial charge in [0, 0.05) is 37.2 Å². The van der Waals surface area contributed by atoms with Gasteiger partial charge in [0.25, 0.3) is 0 Å². The highest BCUT2D eigenvalue weighted by atomic mass is 35.5. The smallest absolute Gasteiger partial charge is 0.138 e. The van der Waals surface area contributed by atoms with E-state index in [1.54, 1.807) is 0 Å². The van der Waals surface area contributed by atoms with Gasteiger partial charge in [-0.2, -0.15) is 0 Å². The molecule has 0 amide bonds. The summed E-state index contributed by atoms with van der Waals surface area (Å²) in [6.07, 6.45) is 0.911. The summed E-state index contributed by atoms with van der Waals surface area (Å²) in [5.41, 5.74) is 10.0. The number of nitrogens with two attached hydrogens (primary N) is 1. The zero-order valence-electron chi connectivity index (χ0n) is 13.2. The second-order valence-electron chi connectivity index (χ2n) is 5.89. The molecule has 0 unspecified atom stereocenters. The molecule has 1 aromatic heterocycles. The number of nitrogens with zero attached hydrogens (tertiary/aromatic N) is 2. The molecule has 1 aromatic carbocycles. The van der Waals surface area contributed by atoms with Crippen molar-refractivity contribution in [2.24, 2.45) is 5.73 Å². The largest absolute Gasteiger partial charge is 0.361 e. The standard InChI is InChI=1S/C17H23N3O.ClH/c1-3-17-14(12(2)21-19-17)9-20-10-15(16(18)11-20)13-7-5-4-6-8-13;/h4-8,15-16H,3,9-11,18H2,1-2H3;1H/t15-,16+;/m0./s1. The van der Waals surface area contributed by atoms with E-state index in [0.29, 0.717) is 5.92 Å². The van der Waals surface area contributed by atoms with Crippen molar-refractivity contribution < 1.29 is 4.52 Å². The average molecular weight is 322 g/mol. The van der Waals surface area contributed by atoms with Crippen LogP contribution in [0, 0.1) is 6.92 Å². The van der Waals surface area contributed by atoms with Crippen LogP contribution in [0.15, 0.2) is 34.9 Å². The number of aromatic nitrogens is 1. The Bertz CT molecular complexity index is 599. The van der Waals surface area contributed by atoms with Crippen LogP contribution in [0.5, 0.6) is 0 Å². The van der Waals surface area contributed by atoms with Crippen LogP contribution in [-0.2, 0) is 13.0 Å². The molecule has 0 bridgehead atoms. The summed E-state index contributed by atoms with van der Waals surface area (Å²) in [5.74, 6) is 1.35. The molecular formula is C17H24ClN3O. The first-order valence-corrected chi connectivity index (χ1v) is 7.66. The molecule has 3 rings (SSSR count). The molecule has 22 heavy (non-hydrogen) atoms. The molecule has 1 fully saturated rings. The van der Waals surface area contributed by atoms with Crippen molar-refractivity contribution >= 4 is 12.4 Å². The van der Waals surface area contributed by atoms with Crippen molar-refractivity contribution in [3.63, 3.8) is 0 Å². The van der Waals surface area contributed by atoms with Crippen LogP contribution in [0.2, 0.25) is 0 Å². The van der Waals surface area contributed by atoms with Gasteiger partial charge in [-0.25, -0.2) is 0 Å². The molecule has 0 saturated carbocycles. The highest BCUT2D eigenvalue weighted by Crippen LogP contribution is 2.28. The second-order valence-corrected chi connectivity index (χ2v) is 5.89. The fraction of sp³-hybridized carbons (Fsp3) is 0.471. The van der Waals surface area contributed by atoms with Gasteiger partial charge in [-0.05, 0) is 18.9 Å². The number of benzene rings is 1. The zero-order valence-corrected chi connectivity index (χ0v) is 14.0. The van der Waals surface area contributed by atoms with Gasteiger partial charge in [-0.15, -0.1) is 12.4 Å². The second kappa shape index (κ2) is 7.27. The van der Waals surface area contributed by atoms with Gasteiger partial charge < -0.3 is 10.3 Å². The molecule has 4 nitrogen and oxygen atoms in total. The van der Waals surface area contributed by atoms with E-state index in [9.17, 15) is 0 Å². The Morgan fingerprint density at radius 3 is 2.68 bits per heavy atom. The van der Waals surface area contributed by atoms with Crippen molar-refractivity contribution in [1.29, 1.82) is 0 Å². The minimum Gasteiger partial charge on any atom is -0.361 e. The Morgan fingerprint density at radius 2 is 2.00 bits per heavy atom. The van der Waals surface area contributed by atoms with Crippen LogP contribution in [-0.4, -0.2) is 29.2 Å². The van der Waals surface area contributed by atoms with Gasteiger partial charge in [0.1, 0.15) is 5.76 Å². The van der Waals surface area contributed by atoms with Gasteiger partial charge >= 0.3 is 0 Å². The number of halogens is 1. The third-order valence-corrected chi connectivity index (χ3v) is 4.45. The molecule has 1 saturated heterocycles. The van der Waals surface area contributed by atoms with Crippen molar-refractivity contribution in [2.45, 2.75) is 38.8 Å². The molecule has 5 heteroatoms. The summed E-state index contributed by atoms with van der Waals surface area (Å²) in [4.78, 5) is 2.42. The quantitative estimate of drug-likeness (QED) is 0.940. The van der Waals surface area contributed by atoms with Crippen LogP contribution in [0.25, 0.3) is 0 Å². The van der Waals surface area contributed by atoms with E-state index >= 15 is 0 Å². The molecular weight excluding hydrogens is 298 g/mol. The number of hydrogen-bond donors (Lipinski definition) is 1. The van der Waals surface area contributed by atoms with E-state index in [2.05, 4.69) is 47.3 Å². The maximum Gasteiger partial charge on any atom is 0.138 e. The third kappa shape index (κ3) is 3.35. The van der Waals surface area contributed by atoms with Gasteiger partial charge in [-0.3, -0.25) is 4.90 Å². The Labute approximate surface area is 138 Å². The van der Waals surface area contributed by atoms with Gasteiger partial charge in [0.15, 0.2) is 0 Å². The van der Waals surface area contributed by atoms with Gasteiger partial charge in [0.05, 0.1) is 5.69 Å². The molecule has 1 aliphatic rings. The molecule has 0 spiro atoms. The highest BCUT2D eigenvalue weighted by molar-refractivity contribution is 5.85. The lowest BCUT2D eigenvalue weighted by Gasteiger charge is -2.16. The summed E-state index contributed by atoms with van der Waals surface area (Å²) in [7, 11) is 0. The highest BCUT2D eigenvalue weighted by Gasteiger charge is 2.32. The van der Waals surface area contributed by atoms with Crippen molar-refractivity contribution in [1.82, 2.24) is 10.1 Å². The topological polar surface area (TPSA) is 55.3 Å². The molecule has 0 radical (unpaired) electrons. The van der Waals surface area contributed by atoms with Crippen LogP contribution < -0.4 is 5.73 Å². The van der Waals surface area contributed by atoms with Crippen LogP contribution in [0.3, 0.4) is 0 Å². The van der Waals surface area contributed by atoms with E-state index in [-0.39, 0.29) is 18.4 Å². The SMILES string of the molecule is CCc1noc(C)c1CN1C[C@@H](N)[C@H](c2ccccc2)C1.Cl. The Balaban J connectivity index is 0.00000176. The van der Waals surface area contributed by atoms with Crippen molar-refractivity contribution in [3.05, 3.63) is 52.9 Å². The molecule has 120 valence electrons. The number of likely N-dealkylation sites (tertiary alicyclic amines) is 1. The molecule has 1 aliphatic heterocycles. The summed E-state index contributed by atoms with van der Waals surface area (Å²) < 4.78 is 5.33. The van der Waals surface area contributed by atoms with E-state index in [0.717, 1.165) is 37.5 Å². The van der Waals surface area contributed by atoms with E-state index in [1.807, 2.05) is 6.92 Å². The number of hydrogen-bond acceptors (Lipinski definition) is 4. The van der Waals surface area contributed by atoms with E-state index in [4.69, 9.17) is 10.3 Å². The van der Waals surface area contributed by atoms with Gasteiger partial charge in [-0.1, -0.05) is 42.4 Å². The van der Waals surface area contributed by atoms with E-state index < -0.39 is 0 Å². The van der Waals surface area contributed by atoms with Crippen molar-refractivity contribution in [3.8, 4) is 0 Å². The van der Waals surface area contributed by atoms with Crippen molar-refractivity contribution in [2.75, 3.05) is 13.1 Å². The maximum absolute atomic E-state index is 6.36. The van der Waals surface area contributed by atoms with Gasteiger partial charge in [0.2, 0.25) is 0 Å². The fourth-order valence-corrected chi connectivity index (χ4v) is 3.24. The third-order valence-electron chi connectivity index (χ3n) is 4.45. The van der Waals surface area contributed by atoms with Crippen LogP contribution in [0.4, 0.5) is 0 Å². The first-order valence-electron chi connectivity index (χ1n) is 7.66. The first-order chi connectivity index (χ1) is 10.2. The molecule has 2 N–H and O–H groups in total. The predicted molar refractivity (Wildman–Crippen MR) is 90.3 cm³/mol.